The monoisotopic (exact) mass is 242 g/mol. The minimum atomic E-state index is 0.540. The van der Waals surface area contributed by atoms with Gasteiger partial charge >= 0.3 is 0 Å². The Morgan fingerprint density at radius 2 is 2.17 bits per heavy atom. The second-order valence-electron chi connectivity index (χ2n) is 5.32. The first-order chi connectivity index (χ1) is 8.90. The molecular formula is C16H22N2. The molecule has 1 aromatic heterocycles. The van der Waals surface area contributed by atoms with Crippen molar-refractivity contribution >= 4 is 10.9 Å². The Hall–Kier alpha value is -1.28. The van der Waals surface area contributed by atoms with Gasteiger partial charge < -0.3 is 10.3 Å². The van der Waals surface area contributed by atoms with E-state index >= 15 is 0 Å². The molecule has 0 fully saturated rings. The number of hydrogen-bond acceptors (Lipinski definition) is 1. The van der Waals surface area contributed by atoms with E-state index in [4.69, 9.17) is 0 Å². The van der Waals surface area contributed by atoms with Crippen LogP contribution in [0, 0.1) is 0 Å². The van der Waals surface area contributed by atoms with Gasteiger partial charge in [-0.1, -0.05) is 31.5 Å². The standard InChI is InChI=1S/C16H22N2/c1-2-11-17-14-9-5-6-10-15-16(14)12-7-3-4-8-13(12)18-15/h3-4,7-8,14,17-18H,2,5-6,9-11H2,1H3. The fourth-order valence-electron chi connectivity index (χ4n) is 3.13. The van der Waals surface area contributed by atoms with Gasteiger partial charge in [-0.15, -0.1) is 0 Å². The fraction of sp³-hybridized carbons (Fsp3) is 0.500. The maximum atomic E-state index is 3.73. The third-order valence-corrected chi connectivity index (χ3v) is 3.99. The van der Waals surface area contributed by atoms with Crippen LogP contribution in [0.15, 0.2) is 24.3 Å². The fourth-order valence-corrected chi connectivity index (χ4v) is 3.13. The van der Waals surface area contributed by atoms with E-state index in [0.717, 1.165) is 6.54 Å². The average Bonchev–Trinajstić information content (AvgIpc) is 2.65. The van der Waals surface area contributed by atoms with E-state index in [1.54, 1.807) is 0 Å². The topological polar surface area (TPSA) is 27.8 Å². The maximum Gasteiger partial charge on any atom is 0.0459 e. The Labute approximate surface area is 109 Å². The lowest BCUT2D eigenvalue weighted by molar-refractivity contribution is 0.492. The summed E-state index contributed by atoms with van der Waals surface area (Å²) >= 11 is 0. The van der Waals surface area contributed by atoms with E-state index in [0.29, 0.717) is 6.04 Å². The first-order valence-electron chi connectivity index (χ1n) is 7.23. The quantitative estimate of drug-likeness (QED) is 0.784. The summed E-state index contributed by atoms with van der Waals surface area (Å²) in [6.07, 6.45) is 6.32. The van der Waals surface area contributed by atoms with Crippen molar-refractivity contribution in [2.24, 2.45) is 0 Å². The number of rotatable bonds is 3. The SMILES string of the molecule is CCCNC1CCCCc2[nH]c3ccccc3c21. The van der Waals surface area contributed by atoms with Gasteiger partial charge in [0, 0.05) is 22.6 Å². The molecule has 1 aliphatic carbocycles. The zero-order chi connectivity index (χ0) is 12.4. The lowest BCUT2D eigenvalue weighted by Crippen LogP contribution is -2.22. The number of aromatic nitrogens is 1. The number of para-hydroxylation sites is 1. The smallest absolute Gasteiger partial charge is 0.0459 e. The van der Waals surface area contributed by atoms with E-state index in [2.05, 4.69) is 41.5 Å². The first kappa shape index (κ1) is 11.8. The molecular weight excluding hydrogens is 220 g/mol. The maximum absolute atomic E-state index is 3.73. The van der Waals surface area contributed by atoms with Crippen LogP contribution in [0.2, 0.25) is 0 Å². The Morgan fingerprint density at radius 1 is 1.28 bits per heavy atom. The molecule has 0 aliphatic heterocycles. The van der Waals surface area contributed by atoms with Gasteiger partial charge in [-0.2, -0.15) is 0 Å². The predicted octanol–water partition coefficient (Wildman–Crippen LogP) is 3.94. The highest BCUT2D eigenvalue weighted by atomic mass is 14.9. The zero-order valence-corrected chi connectivity index (χ0v) is 11.1. The second kappa shape index (κ2) is 5.15. The Morgan fingerprint density at radius 3 is 3.06 bits per heavy atom. The number of fused-ring (bicyclic) bond motifs is 3. The molecule has 0 saturated heterocycles. The summed E-state index contributed by atoms with van der Waals surface area (Å²) < 4.78 is 0. The Balaban J connectivity index is 2.05. The van der Waals surface area contributed by atoms with Crippen LogP contribution in [-0.2, 0) is 6.42 Å². The van der Waals surface area contributed by atoms with E-state index in [1.807, 2.05) is 0 Å². The third-order valence-electron chi connectivity index (χ3n) is 3.99. The zero-order valence-electron chi connectivity index (χ0n) is 11.1. The van der Waals surface area contributed by atoms with Crippen LogP contribution in [0.5, 0.6) is 0 Å². The van der Waals surface area contributed by atoms with Crippen molar-refractivity contribution in [3.8, 4) is 0 Å². The molecule has 2 nitrogen and oxygen atoms in total. The summed E-state index contributed by atoms with van der Waals surface area (Å²) in [5.74, 6) is 0. The minimum Gasteiger partial charge on any atom is -0.358 e. The van der Waals surface area contributed by atoms with E-state index in [1.165, 1.54) is 54.3 Å². The first-order valence-corrected chi connectivity index (χ1v) is 7.23. The number of H-pyrrole nitrogens is 1. The molecule has 0 bridgehead atoms. The van der Waals surface area contributed by atoms with Crippen LogP contribution in [0.1, 0.15) is 49.9 Å². The van der Waals surface area contributed by atoms with E-state index < -0.39 is 0 Å². The average molecular weight is 242 g/mol. The molecule has 0 spiro atoms. The minimum absolute atomic E-state index is 0.540. The van der Waals surface area contributed by atoms with Crippen LogP contribution in [0.25, 0.3) is 10.9 Å². The molecule has 18 heavy (non-hydrogen) atoms. The highest BCUT2D eigenvalue weighted by Gasteiger charge is 2.22. The Bertz CT molecular complexity index is 527. The molecule has 1 unspecified atom stereocenters. The van der Waals surface area contributed by atoms with Crippen molar-refractivity contribution in [1.29, 1.82) is 0 Å². The lowest BCUT2D eigenvalue weighted by Gasteiger charge is -2.17. The van der Waals surface area contributed by atoms with Crippen molar-refractivity contribution in [2.45, 2.75) is 45.1 Å². The van der Waals surface area contributed by atoms with Gasteiger partial charge in [-0.25, -0.2) is 0 Å². The molecule has 96 valence electrons. The van der Waals surface area contributed by atoms with Gasteiger partial charge in [0.25, 0.3) is 0 Å². The molecule has 2 aromatic rings. The van der Waals surface area contributed by atoms with Gasteiger partial charge in [0.2, 0.25) is 0 Å². The molecule has 1 heterocycles. The van der Waals surface area contributed by atoms with E-state index in [-0.39, 0.29) is 0 Å². The lowest BCUT2D eigenvalue weighted by atomic mass is 10.0. The van der Waals surface area contributed by atoms with Crippen molar-refractivity contribution in [1.82, 2.24) is 10.3 Å². The van der Waals surface area contributed by atoms with Crippen molar-refractivity contribution in [3.05, 3.63) is 35.5 Å². The number of benzene rings is 1. The van der Waals surface area contributed by atoms with Crippen LogP contribution in [0.4, 0.5) is 0 Å². The molecule has 2 N–H and O–H groups in total. The van der Waals surface area contributed by atoms with Crippen molar-refractivity contribution in [3.63, 3.8) is 0 Å². The summed E-state index contributed by atoms with van der Waals surface area (Å²) in [7, 11) is 0. The summed E-state index contributed by atoms with van der Waals surface area (Å²) in [5.41, 5.74) is 4.30. The summed E-state index contributed by atoms with van der Waals surface area (Å²) in [4.78, 5) is 3.62. The molecule has 0 radical (unpaired) electrons. The van der Waals surface area contributed by atoms with E-state index in [9.17, 15) is 0 Å². The molecule has 1 aliphatic rings. The second-order valence-corrected chi connectivity index (χ2v) is 5.32. The molecule has 0 saturated carbocycles. The highest BCUT2D eigenvalue weighted by Crippen LogP contribution is 2.34. The Kier molecular flexibility index (Phi) is 3.37. The molecule has 1 aromatic carbocycles. The number of aromatic amines is 1. The van der Waals surface area contributed by atoms with Gasteiger partial charge in [-0.3, -0.25) is 0 Å². The van der Waals surface area contributed by atoms with Gasteiger partial charge in [0.15, 0.2) is 0 Å². The number of nitrogens with one attached hydrogen (secondary N) is 2. The van der Waals surface area contributed by atoms with Gasteiger partial charge in [-0.05, 0) is 43.9 Å². The third kappa shape index (κ3) is 2.05. The van der Waals surface area contributed by atoms with Crippen LogP contribution in [-0.4, -0.2) is 11.5 Å². The van der Waals surface area contributed by atoms with Crippen LogP contribution in [0.3, 0.4) is 0 Å². The van der Waals surface area contributed by atoms with Crippen molar-refractivity contribution in [2.75, 3.05) is 6.54 Å². The number of hydrogen-bond donors (Lipinski definition) is 2. The molecule has 1 atom stereocenters. The van der Waals surface area contributed by atoms with Gasteiger partial charge in [0.05, 0.1) is 0 Å². The molecule has 3 rings (SSSR count). The summed E-state index contributed by atoms with van der Waals surface area (Å²) in [6.45, 7) is 3.35. The van der Waals surface area contributed by atoms with Gasteiger partial charge in [0.1, 0.15) is 0 Å². The van der Waals surface area contributed by atoms with Crippen LogP contribution < -0.4 is 5.32 Å². The highest BCUT2D eigenvalue weighted by molar-refractivity contribution is 5.85. The molecule has 0 amide bonds. The molecule has 2 heteroatoms. The largest absolute Gasteiger partial charge is 0.358 e. The number of aryl methyl sites for hydroxylation is 1. The van der Waals surface area contributed by atoms with Crippen LogP contribution >= 0.6 is 0 Å². The summed E-state index contributed by atoms with van der Waals surface area (Å²) in [5, 5.41) is 5.15. The normalized spacial score (nSPS) is 19.7. The predicted molar refractivity (Wildman–Crippen MR) is 76.9 cm³/mol. The van der Waals surface area contributed by atoms with Crippen molar-refractivity contribution < 1.29 is 0 Å². The summed E-state index contributed by atoms with van der Waals surface area (Å²) in [6, 6.07) is 9.26.